The van der Waals surface area contributed by atoms with E-state index in [4.69, 9.17) is 20.9 Å². The van der Waals surface area contributed by atoms with Gasteiger partial charge in [0.25, 0.3) is 5.56 Å². The summed E-state index contributed by atoms with van der Waals surface area (Å²) in [6.45, 7) is 3.11. The molecule has 1 unspecified atom stereocenters. The largest absolute Gasteiger partial charge is 0.479 e. The van der Waals surface area contributed by atoms with Crippen LogP contribution in [0.25, 0.3) is 27.9 Å². The Bertz CT molecular complexity index is 1640. The smallest absolute Gasteiger partial charge is 0.431 e. The van der Waals surface area contributed by atoms with Gasteiger partial charge >= 0.3 is 17.8 Å². The number of carboxylic acids is 1. The molecule has 36 heavy (non-hydrogen) atoms. The summed E-state index contributed by atoms with van der Waals surface area (Å²) in [6, 6.07) is 7.78. The van der Waals surface area contributed by atoms with Crippen LogP contribution >= 0.6 is 11.6 Å². The van der Waals surface area contributed by atoms with E-state index in [1.165, 1.54) is 19.1 Å². The van der Waals surface area contributed by atoms with Crippen LogP contribution in [-0.4, -0.2) is 31.5 Å². The zero-order valence-electron chi connectivity index (χ0n) is 18.9. The molecule has 2 heterocycles. The summed E-state index contributed by atoms with van der Waals surface area (Å²) in [5.74, 6) is -1.06. The van der Waals surface area contributed by atoms with Gasteiger partial charge in [-0.05, 0) is 38.1 Å². The van der Waals surface area contributed by atoms with Crippen LogP contribution in [0, 0.1) is 6.92 Å². The third-order valence-corrected chi connectivity index (χ3v) is 5.83. The van der Waals surface area contributed by atoms with Crippen molar-refractivity contribution in [2.45, 2.75) is 26.1 Å². The number of fused-ring (bicyclic) bond motifs is 1. The van der Waals surface area contributed by atoms with Gasteiger partial charge < -0.3 is 14.4 Å². The number of benzene rings is 2. The van der Waals surface area contributed by atoms with Gasteiger partial charge in [0, 0.05) is 18.7 Å². The Morgan fingerprint density at radius 3 is 2.53 bits per heavy atom. The molecule has 0 aliphatic heterocycles. The normalized spacial score (nSPS) is 12.6. The highest BCUT2D eigenvalue weighted by Gasteiger charge is 2.35. The Morgan fingerprint density at radius 2 is 1.89 bits per heavy atom. The summed E-state index contributed by atoms with van der Waals surface area (Å²) >= 11 is 6.58. The molecule has 0 fully saturated rings. The second-order valence-electron chi connectivity index (χ2n) is 7.94. The Morgan fingerprint density at radius 1 is 1.19 bits per heavy atom. The van der Waals surface area contributed by atoms with Crippen LogP contribution in [0.3, 0.4) is 0 Å². The molecule has 188 valence electrons. The zero-order valence-corrected chi connectivity index (χ0v) is 19.6. The minimum absolute atomic E-state index is 0.116. The third kappa shape index (κ3) is 4.24. The fourth-order valence-corrected chi connectivity index (χ4v) is 3.96. The fraction of sp³-hybridized carbons (Fsp3) is 0.217. The van der Waals surface area contributed by atoms with E-state index in [9.17, 15) is 32.7 Å². The highest BCUT2D eigenvalue weighted by atomic mass is 35.5. The highest BCUT2D eigenvalue weighted by molar-refractivity contribution is 6.38. The van der Waals surface area contributed by atoms with Crippen LogP contribution in [0.5, 0.6) is 5.75 Å². The molecule has 0 aliphatic rings. The van der Waals surface area contributed by atoms with Crippen LogP contribution in [0.4, 0.5) is 13.2 Å². The molecule has 0 aliphatic carbocycles. The highest BCUT2D eigenvalue weighted by Crippen LogP contribution is 2.40. The van der Waals surface area contributed by atoms with Crippen LogP contribution < -0.4 is 16.0 Å². The van der Waals surface area contributed by atoms with Crippen molar-refractivity contribution < 1.29 is 32.3 Å². The molecule has 4 rings (SSSR count). The standard InChI is InChI=1S/C23H17ClF3N3O6/c1-10-4-6-14(35-11(2)21(32)33)12(8-10)20-18-15(36-28-20)7-5-13(19(18)24)30-17(31)9-16(23(25,26)27)29(3)22(30)34/h4-9,11H,1-3H3,(H,32,33). The number of nitrogens with zero attached hydrogens (tertiary/aromatic N) is 3. The SMILES string of the molecule is Cc1ccc(OC(C)C(=O)O)c(-c2noc3ccc(-n4c(=O)cc(C(F)(F)F)n(C)c4=O)c(Cl)c23)c1. The molecular weight excluding hydrogens is 507 g/mol. The Labute approximate surface area is 204 Å². The first-order valence-corrected chi connectivity index (χ1v) is 10.7. The summed E-state index contributed by atoms with van der Waals surface area (Å²) < 4.78 is 51.4. The summed E-state index contributed by atoms with van der Waals surface area (Å²) in [6.07, 6.45) is -6.12. The molecule has 2 aromatic carbocycles. The van der Waals surface area contributed by atoms with Crippen molar-refractivity contribution in [3.63, 3.8) is 0 Å². The van der Waals surface area contributed by atoms with Crippen molar-refractivity contribution >= 4 is 28.5 Å². The van der Waals surface area contributed by atoms with E-state index in [-0.39, 0.29) is 33.1 Å². The first-order chi connectivity index (χ1) is 16.8. The quantitative estimate of drug-likeness (QED) is 0.417. The third-order valence-electron chi connectivity index (χ3n) is 5.45. The number of aryl methyl sites for hydroxylation is 1. The lowest BCUT2D eigenvalue weighted by atomic mass is 10.0. The summed E-state index contributed by atoms with van der Waals surface area (Å²) in [7, 11) is 0.887. The Hall–Kier alpha value is -4.06. The van der Waals surface area contributed by atoms with Crippen molar-refractivity contribution in [3.8, 4) is 22.7 Å². The topological polar surface area (TPSA) is 117 Å². The number of carbonyl (C=O) groups is 1. The van der Waals surface area contributed by atoms with Gasteiger partial charge in [-0.25, -0.2) is 14.2 Å². The number of alkyl halides is 3. The van der Waals surface area contributed by atoms with Crippen LogP contribution in [-0.2, 0) is 18.0 Å². The summed E-state index contributed by atoms with van der Waals surface area (Å²) in [4.78, 5) is 36.7. The molecule has 2 aromatic heterocycles. The molecule has 0 spiro atoms. The number of aromatic nitrogens is 3. The summed E-state index contributed by atoms with van der Waals surface area (Å²) in [5, 5.41) is 13.2. The van der Waals surface area contributed by atoms with Crippen molar-refractivity contribution in [1.82, 2.24) is 14.3 Å². The van der Waals surface area contributed by atoms with E-state index in [2.05, 4.69) is 5.16 Å². The minimum atomic E-state index is -4.92. The Balaban J connectivity index is 1.97. The number of hydrogen-bond acceptors (Lipinski definition) is 6. The lowest BCUT2D eigenvalue weighted by Crippen LogP contribution is -2.40. The van der Waals surface area contributed by atoms with Gasteiger partial charge in [0.1, 0.15) is 17.1 Å². The monoisotopic (exact) mass is 523 g/mol. The minimum Gasteiger partial charge on any atom is -0.479 e. The molecule has 13 heteroatoms. The predicted octanol–water partition coefficient (Wildman–Crippen LogP) is 4.18. The van der Waals surface area contributed by atoms with Crippen molar-refractivity contribution in [2.24, 2.45) is 7.05 Å². The molecule has 1 N–H and O–H groups in total. The van der Waals surface area contributed by atoms with Gasteiger partial charge in [-0.3, -0.25) is 9.36 Å². The molecule has 0 amide bonds. The summed E-state index contributed by atoms with van der Waals surface area (Å²) in [5.41, 5.74) is -2.76. The number of aliphatic carboxylic acids is 1. The molecule has 0 saturated heterocycles. The molecular formula is C23H17ClF3N3O6. The van der Waals surface area contributed by atoms with Gasteiger partial charge in [0.2, 0.25) is 0 Å². The van der Waals surface area contributed by atoms with Crippen molar-refractivity contribution in [3.05, 3.63) is 73.5 Å². The second kappa shape index (κ2) is 8.86. The van der Waals surface area contributed by atoms with Crippen LogP contribution in [0.15, 0.2) is 50.5 Å². The van der Waals surface area contributed by atoms with E-state index in [1.807, 2.05) is 0 Å². The van der Waals surface area contributed by atoms with Gasteiger partial charge in [-0.15, -0.1) is 0 Å². The second-order valence-corrected chi connectivity index (χ2v) is 8.32. The lowest BCUT2D eigenvalue weighted by Gasteiger charge is -2.15. The number of ether oxygens (including phenoxy) is 1. The van der Waals surface area contributed by atoms with Crippen LogP contribution in [0.1, 0.15) is 18.2 Å². The van der Waals surface area contributed by atoms with E-state index in [1.54, 1.807) is 25.1 Å². The lowest BCUT2D eigenvalue weighted by molar-refractivity contribution is -0.144. The van der Waals surface area contributed by atoms with E-state index in [0.29, 0.717) is 20.8 Å². The van der Waals surface area contributed by atoms with Gasteiger partial charge in [0.15, 0.2) is 11.7 Å². The maximum Gasteiger partial charge on any atom is 0.431 e. The molecule has 0 bridgehead atoms. The maximum absolute atomic E-state index is 13.2. The van der Waals surface area contributed by atoms with Crippen molar-refractivity contribution in [1.29, 1.82) is 0 Å². The first-order valence-electron chi connectivity index (χ1n) is 10.3. The fourth-order valence-electron chi connectivity index (χ4n) is 3.63. The molecule has 4 aromatic rings. The van der Waals surface area contributed by atoms with E-state index in [0.717, 1.165) is 12.6 Å². The Kier molecular flexibility index (Phi) is 6.17. The molecule has 1 atom stereocenters. The number of hydrogen-bond donors (Lipinski definition) is 1. The molecule has 9 nitrogen and oxygen atoms in total. The van der Waals surface area contributed by atoms with Crippen molar-refractivity contribution in [2.75, 3.05) is 0 Å². The van der Waals surface area contributed by atoms with Gasteiger partial charge in [-0.1, -0.05) is 28.4 Å². The average molecular weight is 524 g/mol. The average Bonchev–Trinajstić information content (AvgIpc) is 3.23. The first kappa shape index (κ1) is 25.0. The van der Waals surface area contributed by atoms with Gasteiger partial charge in [0.05, 0.1) is 16.1 Å². The maximum atomic E-state index is 13.2. The number of rotatable bonds is 5. The molecule has 0 saturated carbocycles. The van der Waals surface area contributed by atoms with E-state index < -0.39 is 35.2 Å². The van der Waals surface area contributed by atoms with Crippen LogP contribution in [0.2, 0.25) is 5.02 Å². The zero-order chi connectivity index (χ0) is 26.5. The number of halogens is 4. The molecule has 0 radical (unpaired) electrons. The number of carboxylic acid groups (broad SMARTS) is 1. The van der Waals surface area contributed by atoms with E-state index >= 15 is 0 Å². The predicted molar refractivity (Wildman–Crippen MR) is 123 cm³/mol. The van der Waals surface area contributed by atoms with Gasteiger partial charge in [-0.2, -0.15) is 13.2 Å².